The molecule has 2 aliphatic rings. The molecule has 138 heavy (non-hydrogen) atoms. The summed E-state index contributed by atoms with van der Waals surface area (Å²) in [7, 11) is 0. The highest BCUT2D eigenvalue weighted by molar-refractivity contribution is 6.09. The van der Waals surface area contributed by atoms with Crippen LogP contribution >= 0.6 is 0 Å². The zero-order valence-corrected chi connectivity index (χ0v) is 75.4. The molecular weight excluding hydrogens is 1780 g/mol. The molecule has 9 atom stereocenters. The minimum atomic E-state index is -1.94. The fourth-order valence-electron chi connectivity index (χ4n) is 16.8. The Morgan fingerprint density at radius 1 is 0.420 bits per heavy atom. The Bertz CT molecular complexity index is 5920. The van der Waals surface area contributed by atoms with Gasteiger partial charge >= 0.3 is 23.9 Å². The number of aromatic amines is 4. The number of likely N-dealkylation sites (tertiary alicyclic amines) is 1. The standard InChI is InChI=1S/C94H113N25O19/c95-93(96)100-29-11-23-70(84(129)107-72(41-61-45-101-68-21-8-6-19-66(61)68)86(131)111-76(92(137)119-30-12-24-78(119)91(136)113-114-94(97)138)39-56-25-27-59(28-26-56)83(128)58-14-2-1-3-15-58)106-88(133)74(43-63-47-98-54-103-63)110-90(135)77(53-120)112-87(132)73(42-62-46-102-69-22-9-7-20-67(62)69)108-89(134)75(44-64-48-99-55-104-64)109-85(130)71(40-60-17-10-16-57-13-4-5-18-65(57)60)105-79(121)49-115-31-33-116(50-80(122)123)35-37-118(52-82(126)127)38-36-117(34-32-115)51-81(124)125/h1-10,13-22,25-28,45-48,54-55,70-78,101-102,120H,11-12,23-24,29-44,49-53H2,(H,98,103)(H,99,104)(H,105,121)(H,106,133)(H,107,129)(H,108,134)(H,109,130)(H,110,135)(H,111,131)(H,112,132)(H,113,136)(H,122,123)(H,124,125)(H,126,127)(H4,95,96,100)(H3,97,114,138)/t70-,71?,72+,73+,74+,75+,76+,77+,78+/m1/s1. The van der Waals surface area contributed by atoms with Crippen LogP contribution in [0.3, 0.4) is 0 Å². The topological polar surface area (TPSA) is 650 Å². The number of imidazole rings is 2. The van der Waals surface area contributed by atoms with Gasteiger partial charge in [0.2, 0.25) is 53.2 Å². The van der Waals surface area contributed by atoms with Crippen LogP contribution in [0.5, 0.6) is 0 Å². The summed E-state index contributed by atoms with van der Waals surface area (Å²) in [5, 5.41) is 76.2. The average molecular weight is 1900 g/mol. The average Bonchev–Trinajstić information content (AvgIpc) is 1.61. The summed E-state index contributed by atoms with van der Waals surface area (Å²) >= 11 is 0. The first-order valence-corrected chi connectivity index (χ1v) is 45.0. The van der Waals surface area contributed by atoms with E-state index in [-0.39, 0.29) is 135 Å². The second-order valence-corrected chi connectivity index (χ2v) is 33.8. The van der Waals surface area contributed by atoms with E-state index in [9.17, 15) is 54.0 Å². The smallest absolute Gasteiger partial charge is 0.330 e. The number of primary amides is 1. The number of carboxylic acid groups (broad SMARTS) is 3. The molecule has 44 nitrogen and oxygen atoms in total. The van der Waals surface area contributed by atoms with Crippen LogP contribution in [0, 0.1) is 5.41 Å². The second kappa shape index (κ2) is 49.4. The van der Waals surface area contributed by atoms with Crippen LogP contribution in [0.25, 0.3) is 32.6 Å². The summed E-state index contributed by atoms with van der Waals surface area (Å²) in [6.45, 7) is -2.14. The molecule has 12 amide bonds. The minimum Gasteiger partial charge on any atom is -0.480 e. The Balaban J connectivity index is 0.802. The van der Waals surface area contributed by atoms with Crippen LogP contribution in [0.2, 0.25) is 0 Å². The molecule has 1 unspecified atom stereocenters. The number of nitrogens with zero attached hydrogens (tertiary/aromatic N) is 7. The number of guanidine groups is 1. The van der Waals surface area contributed by atoms with Crippen molar-refractivity contribution in [3.8, 4) is 0 Å². The van der Waals surface area contributed by atoms with Crippen LogP contribution in [0.4, 0.5) is 4.79 Å². The summed E-state index contributed by atoms with van der Waals surface area (Å²) in [5.41, 5.74) is 19.8. The Morgan fingerprint density at radius 3 is 1.33 bits per heavy atom. The SMILES string of the molecule is N=C(N)NCCC[C@@H](NC(=O)[C@H](Cc1cnc[nH]1)NC(=O)[C@H](CO)NC(=O)[C@H](Cc1c[nH]c2ccccc12)NC(=O)[C@H](Cc1cnc[nH]1)NC(=O)C(Cc1cccc2ccccc12)NC(=O)CN1CCN(CC(=O)O)CCN(CC(=O)O)CCN(CC(=O)O)CC1)C(=O)N[C@@H](Cc1c[nH]c2ccccc12)C(=O)N[C@@H](Cc1ccc(C(=O)c2ccccc2)cc1)C(=O)N1CCC[C@H]1C(=O)NNC(N)=O. The number of hydrogen-bond donors (Lipinski definition) is 22. The van der Waals surface area contributed by atoms with Crippen LogP contribution in [-0.2, 0) is 101 Å². The van der Waals surface area contributed by atoms with Crippen molar-refractivity contribution in [3.05, 3.63) is 228 Å². The molecule has 24 N–H and O–H groups in total. The Kier molecular flexibility index (Phi) is 36.2. The van der Waals surface area contributed by atoms with Gasteiger partial charge < -0.3 is 105 Å². The number of aromatic nitrogens is 6. The number of hydrogen-bond acceptors (Lipinski definition) is 23. The van der Waals surface area contributed by atoms with Gasteiger partial charge in [-0.25, -0.2) is 20.2 Å². The van der Waals surface area contributed by atoms with Crippen molar-refractivity contribution in [3.63, 3.8) is 0 Å². The molecule has 44 heteroatoms. The minimum absolute atomic E-state index is 0.0122. The predicted octanol–water partition coefficient (Wildman–Crippen LogP) is -1.46. The quantitative estimate of drug-likeness (QED) is 0.00682. The fourth-order valence-corrected chi connectivity index (χ4v) is 16.8. The van der Waals surface area contributed by atoms with E-state index in [1.54, 1.807) is 153 Å². The number of para-hydroxylation sites is 2. The Labute approximate surface area is 790 Å². The van der Waals surface area contributed by atoms with Gasteiger partial charge in [-0.05, 0) is 70.8 Å². The van der Waals surface area contributed by atoms with Crippen molar-refractivity contribution in [1.29, 1.82) is 5.41 Å². The number of aliphatic hydroxyl groups is 1. The van der Waals surface area contributed by atoms with E-state index in [2.05, 4.69) is 83.2 Å². The first-order chi connectivity index (χ1) is 66.5. The van der Waals surface area contributed by atoms with E-state index >= 15 is 38.4 Å². The molecule has 0 bridgehead atoms. The monoisotopic (exact) mass is 1900 g/mol. The van der Waals surface area contributed by atoms with Gasteiger partial charge in [-0.2, -0.15) is 0 Å². The molecule has 6 heterocycles. The summed E-state index contributed by atoms with van der Waals surface area (Å²) in [4.78, 5) is 241. The van der Waals surface area contributed by atoms with Crippen LogP contribution in [0.15, 0.2) is 183 Å². The number of aliphatic hydroxyl groups excluding tert-OH is 1. The van der Waals surface area contributed by atoms with Gasteiger partial charge in [0.15, 0.2) is 11.7 Å². The number of urea groups is 1. The highest BCUT2D eigenvalue weighted by Crippen LogP contribution is 2.26. The van der Waals surface area contributed by atoms with Crippen molar-refractivity contribution in [2.45, 2.75) is 119 Å². The number of amides is 12. The van der Waals surface area contributed by atoms with E-state index in [4.69, 9.17) is 16.9 Å². The Morgan fingerprint density at radius 2 is 0.841 bits per heavy atom. The number of nitrogens with one attached hydrogen (secondary N) is 16. The molecule has 2 fully saturated rings. The maximum absolute atomic E-state index is 15.5. The highest BCUT2D eigenvalue weighted by Gasteiger charge is 2.41. The number of aliphatic carboxylic acids is 3. The lowest BCUT2D eigenvalue weighted by atomic mass is 9.97. The molecule has 0 saturated carbocycles. The fraction of sp³-hybridized carbons (Fsp3) is 0.362. The molecule has 0 radical (unpaired) electrons. The molecule has 2 saturated heterocycles. The predicted molar refractivity (Wildman–Crippen MR) is 502 cm³/mol. The maximum atomic E-state index is 15.5. The molecule has 2 aliphatic heterocycles. The van der Waals surface area contributed by atoms with Crippen LogP contribution < -0.4 is 70.2 Å². The molecular formula is C94H113N25O19. The second-order valence-electron chi connectivity index (χ2n) is 33.8. The number of benzene rings is 6. The molecule has 12 rings (SSSR count). The lowest BCUT2D eigenvalue weighted by molar-refractivity contribution is -0.142. The van der Waals surface area contributed by atoms with E-state index in [1.165, 1.54) is 29.9 Å². The number of rotatable bonds is 44. The first kappa shape index (κ1) is 101. The number of fused-ring (bicyclic) bond motifs is 3. The van der Waals surface area contributed by atoms with Gasteiger partial charge in [0, 0.05) is 173 Å². The van der Waals surface area contributed by atoms with Crippen molar-refractivity contribution in [1.82, 2.24) is 113 Å². The first-order valence-electron chi connectivity index (χ1n) is 45.0. The number of ketones is 1. The lowest BCUT2D eigenvalue weighted by Crippen LogP contribution is -2.62. The summed E-state index contributed by atoms with van der Waals surface area (Å²) in [5.74, 6) is -13.5. The maximum Gasteiger partial charge on any atom is 0.330 e. The number of hydrazine groups is 1. The zero-order valence-electron chi connectivity index (χ0n) is 75.4. The number of nitrogens with two attached hydrogens (primary N) is 2. The Hall–Kier alpha value is -15.8. The van der Waals surface area contributed by atoms with Gasteiger partial charge in [0.1, 0.15) is 54.4 Å². The van der Waals surface area contributed by atoms with Crippen molar-refractivity contribution in [2.75, 3.05) is 98.2 Å². The molecule has 4 aromatic heterocycles. The largest absolute Gasteiger partial charge is 0.480 e. The van der Waals surface area contributed by atoms with Gasteiger partial charge in [-0.15, -0.1) is 0 Å². The van der Waals surface area contributed by atoms with E-state index < -0.39 is 176 Å². The van der Waals surface area contributed by atoms with Crippen LogP contribution in [-0.4, -0.2) is 322 Å². The van der Waals surface area contributed by atoms with Gasteiger partial charge in [0.05, 0.1) is 45.4 Å². The number of H-pyrrole nitrogens is 4. The van der Waals surface area contributed by atoms with Gasteiger partial charge in [-0.1, -0.05) is 133 Å². The highest BCUT2D eigenvalue weighted by atomic mass is 16.4. The molecule has 10 aromatic rings. The number of carbonyl (C=O) groups is 15. The lowest BCUT2D eigenvalue weighted by Gasteiger charge is -2.33. The van der Waals surface area contributed by atoms with Gasteiger partial charge in [-0.3, -0.25) is 97.6 Å². The van der Waals surface area contributed by atoms with Crippen molar-refractivity contribution < 1.29 is 92.3 Å². The molecule has 6 aromatic carbocycles. The van der Waals surface area contributed by atoms with E-state index in [1.807, 2.05) is 29.7 Å². The van der Waals surface area contributed by atoms with Crippen LogP contribution in [0.1, 0.15) is 75.2 Å². The van der Waals surface area contributed by atoms with E-state index in [0.717, 1.165) is 10.8 Å². The summed E-state index contributed by atoms with van der Waals surface area (Å²) < 4.78 is 0. The van der Waals surface area contributed by atoms with Crippen molar-refractivity contribution in [2.24, 2.45) is 11.5 Å². The molecule has 0 spiro atoms. The number of carbonyl (C=O) groups excluding carboxylic acids is 12. The third kappa shape index (κ3) is 29.4. The molecule has 0 aliphatic carbocycles. The third-order valence-electron chi connectivity index (χ3n) is 23.9. The summed E-state index contributed by atoms with van der Waals surface area (Å²) in [6, 6.07) is 26.3. The molecule has 728 valence electrons. The number of carboxylic acids is 3. The van der Waals surface area contributed by atoms with E-state index in [0.29, 0.717) is 67.3 Å². The summed E-state index contributed by atoms with van der Waals surface area (Å²) in [6.07, 6.45) is 7.13. The van der Waals surface area contributed by atoms with Crippen molar-refractivity contribution >= 4 is 127 Å². The normalized spacial score (nSPS) is 15.8. The third-order valence-corrected chi connectivity index (χ3v) is 23.9. The van der Waals surface area contributed by atoms with Gasteiger partial charge in [0.25, 0.3) is 5.91 Å². The zero-order chi connectivity index (χ0) is 98.3.